The van der Waals surface area contributed by atoms with E-state index in [1.54, 1.807) is 0 Å². The van der Waals surface area contributed by atoms with E-state index in [1.807, 2.05) is 43.3 Å². The van der Waals surface area contributed by atoms with E-state index in [-0.39, 0.29) is 6.04 Å². The zero-order valence-corrected chi connectivity index (χ0v) is 14.1. The van der Waals surface area contributed by atoms with Gasteiger partial charge in [0.1, 0.15) is 11.5 Å². The van der Waals surface area contributed by atoms with Crippen molar-refractivity contribution in [2.45, 2.75) is 26.4 Å². The van der Waals surface area contributed by atoms with Gasteiger partial charge in [0.15, 0.2) is 0 Å². The molecule has 0 aliphatic rings. The molecule has 1 N–H and O–H groups in total. The van der Waals surface area contributed by atoms with Crippen LogP contribution in [0.5, 0.6) is 0 Å². The molecular weight excluding hydrogens is 306 g/mol. The summed E-state index contributed by atoms with van der Waals surface area (Å²) in [7, 11) is 0. The third-order valence-electron chi connectivity index (χ3n) is 4.08. The molecule has 3 rings (SSSR count). The summed E-state index contributed by atoms with van der Waals surface area (Å²) >= 11 is 6.19. The maximum atomic E-state index is 6.19. The lowest BCUT2D eigenvalue weighted by molar-refractivity contribution is 0.468. The summed E-state index contributed by atoms with van der Waals surface area (Å²) in [5.74, 6) is 1.77. The van der Waals surface area contributed by atoms with E-state index in [0.29, 0.717) is 6.54 Å². The van der Waals surface area contributed by atoms with E-state index in [0.717, 1.165) is 27.7 Å². The number of hydrogen-bond donors (Lipinski definition) is 1. The first-order valence-corrected chi connectivity index (χ1v) is 8.15. The molecule has 1 aromatic heterocycles. The van der Waals surface area contributed by atoms with E-state index in [2.05, 4.69) is 36.5 Å². The normalized spacial score (nSPS) is 12.3. The Morgan fingerprint density at radius 1 is 1.00 bits per heavy atom. The summed E-state index contributed by atoms with van der Waals surface area (Å²) in [6.45, 7) is 4.85. The Labute approximate surface area is 142 Å². The monoisotopic (exact) mass is 325 g/mol. The molecule has 23 heavy (non-hydrogen) atoms. The quantitative estimate of drug-likeness (QED) is 0.645. The van der Waals surface area contributed by atoms with Gasteiger partial charge >= 0.3 is 0 Å². The molecular formula is C20H20ClNO. The topological polar surface area (TPSA) is 25.2 Å². The van der Waals surface area contributed by atoms with Gasteiger partial charge in [0, 0.05) is 16.6 Å². The Bertz CT molecular complexity index is 779. The number of hydrogen-bond acceptors (Lipinski definition) is 2. The second-order valence-corrected chi connectivity index (χ2v) is 6.10. The average molecular weight is 326 g/mol. The summed E-state index contributed by atoms with van der Waals surface area (Å²) in [4.78, 5) is 0. The van der Waals surface area contributed by atoms with Crippen molar-refractivity contribution >= 4 is 11.6 Å². The van der Waals surface area contributed by atoms with Crippen LogP contribution in [0.3, 0.4) is 0 Å². The van der Waals surface area contributed by atoms with Crippen molar-refractivity contribution in [1.29, 1.82) is 0 Å². The lowest BCUT2D eigenvalue weighted by Crippen LogP contribution is -2.17. The van der Waals surface area contributed by atoms with Gasteiger partial charge in [0.2, 0.25) is 0 Å². The minimum Gasteiger partial charge on any atom is -0.460 e. The third kappa shape index (κ3) is 3.66. The van der Waals surface area contributed by atoms with Gasteiger partial charge in [-0.3, -0.25) is 0 Å². The molecule has 2 aromatic carbocycles. The minimum atomic E-state index is 0.276. The Morgan fingerprint density at radius 3 is 2.57 bits per heavy atom. The van der Waals surface area contributed by atoms with Crippen molar-refractivity contribution in [3.8, 4) is 11.3 Å². The fraction of sp³-hybridized carbons (Fsp3) is 0.200. The molecule has 0 fully saturated rings. The largest absolute Gasteiger partial charge is 0.460 e. The molecule has 0 radical (unpaired) electrons. The highest BCUT2D eigenvalue weighted by molar-refractivity contribution is 6.31. The van der Waals surface area contributed by atoms with E-state index in [1.165, 1.54) is 5.56 Å². The molecule has 0 aliphatic heterocycles. The molecule has 3 aromatic rings. The van der Waals surface area contributed by atoms with Crippen LogP contribution < -0.4 is 5.32 Å². The highest BCUT2D eigenvalue weighted by Gasteiger charge is 2.10. The molecule has 0 saturated carbocycles. The number of halogens is 1. The van der Waals surface area contributed by atoms with Gasteiger partial charge in [-0.05, 0) is 43.2 Å². The molecule has 1 unspecified atom stereocenters. The van der Waals surface area contributed by atoms with Gasteiger partial charge < -0.3 is 9.73 Å². The fourth-order valence-electron chi connectivity index (χ4n) is 2.61. The maximum Gasteiger partial charge on any atom is 0.134 e. The Kier molecular flexibility index (Phi) is 4.85. The molecule has 0 bridgehead atoms. The average Bonchev–Trinajstić information content (AvgIpc) is 3.04. The zero-order valence-electron chi connectivity index (χ0n) is 13.3. The van der Waals surface area contributed by atoms with E-state index < -0.39 is 0 Å². The van der Waals surface area contributed by atoms with Crippen LogP contribution in [0.2, 0.25) is 5.02 Å². The first-order valence-electron chi connectivity index (χ1n) is 7.77. The number of furan rings is 1. The predicted octanol–water partition coefficient (Wildman–Crippen LogP) is 5.76. The standard InChI is InChI=1S/C20H20ClNO/c1-14-18(9-6-10-19(14)21)20-12-11-17(23-20)13-22-15(2)16-7-4-3-5-8-16/h3-12,15,22H,13H2,1-2H3. The van der Waals surface area contributed by atoms with Crippen LogP contribution in [0, 0.1) is 6.92 Å². The third-order valence-corrected chi connectivity index (χ3v) is 4.49. The van der Waals surface area contributed by atoms with Crippen molar-refractivity contribution in [3.63, 3.8) is 0 Å². The Morgan fingerprint density at radius 2 is 1.78 bits per heavy atom. The Hall–Kier alpha value is -2.03. The van der Waals surface area contributed by atoms with Crippen molar-refractivity contribution in [2.75, 3.05) is 0 Å². The van der Waals surface area contributed by atoms with Crippen molar-refractivity contribution < 1.29 is 4.42 Å². The van der Waals surface area contributed by atoms with Gasteiger partial charge in [-0.25, -0.2) is 0 Å². The molecule has 2 nitrogen and oxygen atoms in total. The fourth-order valence-corrected chi connectivity index (χ4v) is 2.78. The summed E-state index contributed by atoms with van der Waals surface area (Å²) in [6, 6.07) is 20.6. The van der Waals surface area contributed by atoms with Crippen molar-refractivity contribution in [2.24, 2.45) is 0 Å². The second-order valence-electron chi connectivity index (χ2n) is 5.69. The van der Waals surface area contributed by atoms with Crippen LogP contribution in [-0.4, -0.2) is 0 Å². The van der Waals surface area contributed by atoms with Gasteiger partial charge in [0.05, 0.1) is 6.54 Å². The summed E-state index contributed by atoms with van der Waals surface area (Å²) < 4.78 is 5.97. The summed E-state index contributed by atoms with van der Waals surface area (Å²) in [6.07, 6.45) is 0. The Balaban J connectivity index is 1.69. The van der Waals surface area contributed by atoms with E-state index in [4.69, 9.17) is 16.0 Å². The van der Waals surface area contributed by atoms with Crippen molar-refractivity contribution in [3.05, 3.63) is 82.6 Å². The van der Waals surface area contributed by atoms with Crippen LogP contribution in [0.1, 0.15) is 29.9 Å². The maximum absolute atomic E-state index is 6.19. The molecule has 0 spiro atoms. The second kappa shape index (κ2) is 7.03. The smallest absolute Gasteiger partial charge is 0.134 e. The number of rotatable bonds is 5. The highest BCUT2D eigenvalue weighted by atomic mass is 35.5. The molecule has 1 heterocycles. The van der Waals surface area contributed by atoms with Gasteiger partial charge in [-0.2, -0.15) is 0 Å². The molecule has 0 amide bonds. The first kappa shape index (κ1) is 15.9. The molecule has 0 saturated heterocycles. The van der Waals surface area contributed by atoms with Crippen molar-refractivity contribution in [1.82, 2.24) is 5.32 Å². The van der Waals surface area contributed by atoms with Crippen LogP contribution in [0.25, 0.3) is 11.3 Å². The summed E-state index contributed by atoms with van der Waals surface area (Å²) in [5.41, 5.74) is 3.35. The summed E-state index contributed by atoms with van der Waals surface area (Å²) in [5, 5.41) is 4.25. The first-order chi connectivity index (χ1) is 11.1. The van der Waals surface area contributed by atoms with Gasteiger partial charge in [-0.1, -0.05) is 54.1 Å². The molecule has 118 valence electrons. The molecule has 3 heteroatoms. The predicted molar refractivity (Wildman–Crippen MR) is 95.6 cm³/mol. The molecule has 0 aliphatic carbocycles. The number of nitrogens with one attached hydrogen (secondary N) is 1. The minimum absolute atomic E-state index is 0.276. The van der Waals surface area contributed by atoms with Crippen LogP contribution in [-0.2, 0) is 6.54 Å². The SMILES string of the molecule is Cc1c(Cl)cccc1-c1ccc(CNC(C)c2ccccc2)o1. The van der Waals surface area contributed by atoms with E-state index >= 15 is 0 Å². The van der Waals surface area contributed by atoms with E-state index in [9.17, 15) is 0 Å². The lowest BCUT2D eigenvalue weighted by Gasteiger charge is -2.13. The lowest BCUT2D eigenvalue weighted by atomic mass is 10.1. The zero-order chi connectivity index (χ0) is 16.2. The highest BCUT2D eigenvalue weighted by Crippen LogP contribution is 2.29. The van der Waals surface area contributed by atoms with Gasteiger partial charge in [0.25, 0.3) is 0 Å². The van der Waals surface area contributed by atoms with Crippen LogP contribution in [0.4, 0.5) is 0 Å². The van der Waals surface area contributed by atoms with Crippen LogP contribution >= 0.6 is 11.6 Å². The van der Waals surface area contributed by atoms with Crippen LogP contribution in [0.15, 0.2) is 65.1 Å². The molecule has 1 atom stereocenters. The number of benzene rings is 2. The van der Waals surface area contributed by atoms with Gasteiger partial charge in [-0.15, -0.1) is 0 Å².